The third kappa shape index (κ3) is 4.84. The Balaban J connectivity index is 1.81. The van der Waals surface area contributed by atoms with Crippen molar-refractivity contribution in [1.29, 1.82) is 0 Å². The van der Waals surface area contributed by atoms with Crippen molar-refractivity contribution < 1.29 is 14.3 Å². The minimum Gasteiger partial charge on any atom is -0.465 e. The molecular formula is C20H27N3O3S2. The lowest BCUT2D eigenvalue weighted by molar-refractivity contribution is -0.143. The first kappa shape index (κ1) is 21.0. The van der Waals surface area contributed by atoms with Crippen LogP contribution in [0, 0.1) is 5.92 Å². The van der Waals surface area contributed by atoms with E-state index in [9.17, 15) is 9.59 Å². The van der Waals surface area contributed by atoms with Gasteiger partial charge in [-0.15, -0.1) is 11.3 Å². The lowest BCUT2D eigenvalue weighted by atomic mass is 9.89. The van der Waals surface area contributed by atoms with Crippen LogP contribution in [0.5, 0.6) is 0 Å². The van der Waals surface area contributed by atoms with Gasteiger partial charge < -0.3 is 10.1 Å². The van der Waals surface area contributed by atoms with Crippen LogP contribution in [-0.2, 0) is 27.2 Å². The molecule has 0 aromatic carbocycles. The van der Waals surface area contributed by atoms with Crippen molar-refractivity contribution in [3.8, 4) is 0 Å². The van der Waals surface area contributed by atoms with Crippen LogP contribution in [0.3, 0.4) is 0 Å². The second-order valence-corrected chi connectivity index (χ2v) is 9.49. The molecule has 1 amide bonds. The fourth-order valence-electron chi connectivity index (χ4n) is 3.26. The third-order valence-corrected chi connectivity index (χ3v) is 6.85. The quantitative estimate of drug-likeness (QED) is 0.417. The fourth-order valence-corrected chi connectivity index (χ4v) is 5.60. The van der Waals surface area contributed by atoms with Crippen LogP contribution in [-0.4, -0.2) is 40.7 Å². The van der Waals surface area contributed by atoms with E-state index in [0.29, 0.717) is 12.5 Å². The molecule has 28 heavy (non-hydrogen) atoms. The van der Waals surface area contributed by atoms with Crippen LogP contribution in [0.2, 0.25) is 0 Å². The predicted molar refractivity (Wildman–Crippen MR) is 113 cm³/mol. The monoisotopic (exact) mass is 421 g/mol. The van der Waals surface area contributed by atoms with E-state index in [0.717, 1.165) is 33.9 Å². The number of amides is 1. The molecule has 0 saturated carbocycles. The van der Waals surface area contributed by atoms with E-state index in [1.165, 1.54) is 28.6 Å². The summed E-state index contributed by atoms with van der Waals surface area (Å²) >= 11 is 3.20. The number of thioether (sulfide) groups is 1. The Morgan fingerprint density at radius 1 is 1.36 bits per heavy atom. The first-order chi connectivity index (χ1) is 13.4. The molecule has 2 aromatic heterocycles. The lowest BCUT2D eigenvalue weighted by Gasteiger charge is -2.18. The fraction of sp³-hybridized carbons (Fsp3) is 0.600. The highest BCUT2D eigenvalue weighted by Gasteiger charge is 2.24. The van der Waals surface area contributed by atoms with Crippen LogP contribution in [0.15, 0.2) is 5.03 Å². The summed E-state index contributed by atoms with van der Waals surface area (Å²) in [5, 5.41) is 4.62. The molecule has 0 saturated heterocycles. The zero-order chi connectivity index (χ0) is 20.3. The molecule has 152 valence electrons. The van der Waals surface area contributed by atoms with Gasteiger partial charge in [-0.1, -0.05) is 32.5 Å². The normalized spacial score (nSPS) is 16.2. The van der Waals surface area contributed by atoms with Crippen molar-refractivity contribution in [2.75, 3.05) is 18.9 Å². The Bertz CT molecular complexity index is 879. The molecule has 0 bridgehead atoms. The molecule has 0 spiro atoms. The average molecular weight is 422 g/mol. The third-order valence-electron chi connectivity index (χ3n) is 4.73. The van der Waals surface area contributed by atoms with E-state index in [1.54, 1.807) is 18.3 Å². The Hall–Kier alpha value is -1.67. The topological polar surface area (TPSA) is 81.2 Å². The number of thiophene rings is 1. The van der Waals surface area contributed by atoms with Crippen LogP contribution in [0.1, 0.15) is 56.3 Å². The maximum Gasteiger partial charge on any atom is 0.325 e. The van der Waals surface area contributed by atoms with Gasteiger partial charge in [0.15, 0.2) is 0 Å². The molecule has 0 radical (unpaired) electrons. The second kappa shape index (κ2) is 9.22. The standard InChI is InChI=1S/C20H27N3O3S2/c1-5-26-16(25)9-21-15(24)10-27-19-17-13-7-6-12(4)8-14(13)28-20(17)23-18(22-19)11(2)3/h11-12H,5-10H2,1-4H3,(H,21,24)/t12-/m1/s1. The Labute approximate surface area is 173 Å². The van der Waals surface area contributed by atoms with E-state index in [-0.39, 0.29) is 24.1 Å². The van der Waals surface area contributed by atoms with Crippen molar-refractivity contribution in [3.63, 3.8) is 0 Å². The Morgan fingerprint density at radius 2 is 2.14 bits per heavy atom. The van der Waals surface area contributed by atoms with Gasteiger partial charge in [0.05, 0.1) is 12.4 Å². The van der Waals surface area contributed by atoms with Crippen LogP contribution < -0.4 is 5.32 Å². The molecule has 2 aromatic rings. The second-order valence-electron chi connectivity index (χ2n) is 7.44. The predicted octanol–water partition coefficient (Wildman–Crippen LogP) is 3.71. The van der Waals surface area contributed by atoms with Crippen LogP contribution in [0.4, 0.5) is 0 Å². The smallest absolute Gasteiger partial charge is 0.325 e. The number of aromatic nitrogens is 2. The molecule has 1 atom stereocenters. The number of ether oxygens (including phenoxy) is 1. The van der Waals surface area contributed by atoms with Gasteiger partial charge >= 0.3 is 5.97 Å². The summed E-state index contributed by atoms with van der Waals surface area (Å²) in [4.78, 5) is 35.6. The molecule has 1 aliphatic rings. The van der Waals surface area contributed by atoms with E-state index < -0.39 is 5.97 Å². The van der Waals surface area contributed by atoms with Crippen LogP contribution in [0.25, 0.3) is 10.2 Å². The van der Waals surface area contributed by atoms with E-state index in [1.807, 2.05) is 0 Å². The molecular weight excluding hydrogens is 394 g/mol. The van der Waals surface area contributed by atoms with Gasteiger partial charge in [0.25, 0.3) is 0 Å². The summed E-state index contributed by atoms with van der Waals surface area (Å²) in [5.74, 6) is 1.32. The van der Waals surface area contributed by atoms with Gasteiger partial charge in [-0.25, -0.2) is 9.97 Å². The SMILES string of the molecule is CCOC(=O)CNC(=O)CSc1nc(C(C)C)nc2sc3c(c12)CC[C@@H](C)C3. The van der Waals surface area contributed by atoms with Crippen molar-refractivity contribution in [2.45, 2.75) is 57.9 Å². The number of nitrogens with zero attached hydrogens (tertiary/aromatic N) is 2. The highest BCUT2D eigenvalue weighted by atomic mass is 32.2. The van der Waals surface area contributed by atoms with Crippen LogP contribution >= 0.6 is 23.1 Å². The zero-order valence-electron chi connectivity index (χ0n) is 16.8. The largest absolute Gasteiger partial charge is 0.465 e. The number of esters is 1. The number of hydrogen-bond donors (Lipinski definition) is 1. The number of aryl methyl sites for hydroxylation is 1. The van der Waals surface area contributed by atoms with Crippen molar-refractivity contribution in [1.82, 2.24) is 15.3 Å². The number of fused-ring (bicyclic) bond motifs is 3. The van der Waals surface area contributed by atoms with Crippen molar-refractivity contribution in [3.05, 3.63) is 16.3 Å². The Kier molecular flexibility index (Phi) is 6.93. The highest BCUT2D eigenvalue weighted by molar-refractivity contribution is 8.00. The summed E-state index contributed by atoms with van der Waals surface area (Å²) in [6.45, 7) is 8.40. The first-order valence-electron chi connectivity index (χ1n) is 9.76. The van der Waals surface area contributed by atoms with Crippen molar-refractivity contribution >= 4 is 45.2 Å². The maximum absolute atomic E-state index is 12.2. The molecule has 8 heteroatoms. The van der Waals surface area contributed by atoms with E-state index in [4.69, 9.17) is 14.7 Å². The van der Waals surface area contributed by atoms with Gasteiger partial charge in [-0.2, -0.15) is 0 Å². The molecule has 6 nitrogen and oxygen atoms in total. The number of hydrogen-bond acceptors (Lipinski definition) is 7. The van der Waals surface area contributed by atoms with E-state index in [2.05, 4.69) is 26.1 Å². The summed E-state index contributed by atoms with van der Waals surface area (Å²) < 4.78 is 4.84. The number of carbonyl (C=O) groups excluding carboxylic acids is 2. The van der Waals surface area contributed by atoms with Gasteiger partial charge in [0, 0.05) is 16.2 Å². The molecule has 2 heterocycles. The maximum atomic E-state index is 12.2. The molecule has 1 aliphatic carbocycles. The zero-order valence-corrected chi connectivity index (χ0v) is 18.5. The summed E-state index contributed by atoms with van der Waals surface area (Å²) in [7, 11) is 0. The van der Waals surface area contributed by atoms with Crippen molar-refractivity contribution in [2.24, 2.45) is 5.92 Å². The average Bonchev–Trinajstić information content (AvgIpc) is 3.01. The molecule has 0 unspecified atom stereocenters. The number of nitrogens with one attached hydrogen (secondary N) is 1. The summed E-state index contributed by atoms with van der Waals surface area (Å²) in [6, 6.07) is 0. The molecule has 3 rings (SSSR count). The summed E-state index contributed by atoms with van der Waals surface area (Å²) in [5.41, 5.74) is 1.36. The number of carbonyl (C=O) groups is 2. The Morgan fingerprint density at radius 3 is 2.86 bits per heavy atom. The van der Waals surface area contributed by atoms with Gasteiger partial charge in [0.2, 0.25) is 5.91 Å². The van der Waals surface area contributed by atoms with Gasteiger partial charge in [0.1, 0.15) is 22.2 Å². The van der Waals surface area contributed by atoms with E-state index >= 15 is 0 Å². The molecule has 0 aliphatic heterocycles. The minimum absolute atomic E-state index is 0.102. The molecule has 0 fully saturated rings. The van der Waals surface area contributed by atoms with Gasteiger partial charge in [-0.3, -0.25) is 9.59 Å². The minimum atomic E-state index is -0.423. The lowest BCUT2D eigenvalue weighted by Crippen LogP contribution is -2.31. The first-order valence-corrected chi connectivity index (χ1v) is 11.6. The summed E-state index contributed by atoms with van der Waals surface area (Å²) in [6.07, 6.45) is 3.32. The highest BCUT2D eigenvalue weighted by Crippen LogP contribution is 2.41. The molecule has 1 N–H and O–H groups in total. The number of rotatable bonds is 7. The van der Waals surface area contributed by atoms with Gasteiger partial charge in [-0.05, 0) is 37.7 Å².